The van der Waals surface area contributed by atoms with Crippen LogP contribution in [0.5, 0.6) is 0 Å². The summed E-state index contributed by atoms with van der Waals surface area (Å²) in [5.74, 6) is -0.134. The van der Waals surface area contributed by atoms with Crippen LogP contribution in [0.15, 0.2) is 48.6 Å². The number of epoxide rings is 1. The van der Waals surface area contributed by atoms with Crippen LogP contribution in [0.2, 0.25) is 0 Å². The molecule has 1 fully saturated rings. The molecule has 24 heavy (non-hydrogen) atoms. The van der Waals surface area contributed by atoms with Gasteiger partial charge in [0, 0.05) is 6.42 Å². The molecule has 2 unspecified atom stereocenters. The topological polar surface area (TPSA) is 38.8 Å². The molecule has 0 aliphatic carbocycles. The monoisotopic (exact) mass is 332 g/mol. The summed E-state index contributed by atoms with van der Waals surface area (Å²) in [6.45, 7) is 2.23. The Hall–Kier alpha value is -1.61. The molecule has 0 amide bonds. The van der Waals surface area contributed by atoms with Crippen molar-refractivity contribution in [1.82, 2.24) is 0 Å². The van der Waals surface area contributed by atoms with Gasteiger partial charge >= 0.3 is 5.97 Å². The summed E-state index contributed by atoms with van der Waals surface area (Å²) in [7, 11) is 1.43. The van der Waals surface area contributed by atoms with Gasteiger partial charge in [-0.1, -0.05) is 74.8 Å². The molecule has 3 heteroatoms. The summed E-state index contributed by atoms with van der Waals surface area (Å²) < 4.78 is 10.2. The maximum atomic E-state index is 10.9. The Balaban J connectivity index is 1.98. The summed E-state index contributed by atoms with van der Waals surface area (Å²) in [5.41, 5.74) is 0. The second-order valence-electron chi connectivity index (χ2n) is 6.01. The molecule has 2 atom stereocenters. The molecule has 0 radical (unpaired) electrons. The molecule has 134 valence electrons. The molecule has 1 rings (SSSR count). The molecular weight excluding hydrogens is 300 g/mol. The van der Waals surface area contributed by atoms with Crippen molar-refractivity contribution in [3.8, 4) is 0 Å². The summed E-state index contributed by atoms with van der Waals surface area (Å²) in [5, 5.41) is 0. The van der Waals surface area contributed by atoms with Crippen molar-refractivity contribution >= 4 is 5.97 Å². The van der Waals surface area contributed by atoms with Crippen LogP contribution in [0.4, 0.5) is 0 Å². The molecule has 1 saturated heterocycles. The van der Waals surface area contributed by atoms with E-state index in [-0.39, 0.29) is 5.97 Å². The summed E-state index contributed by atoms with van der Waals surface area (Å²) >= 11 is 0. The molecule has 0 spiro atoms. The van der Waals surface area contributed by atoms with Gasteiger partial charge < -0.3 is 9.47 Å². The molecule has 0 aromatic heterocycles. The first-order valence-corrected chi connectivity index (χ1v) is 9.15. The van der Waals surface area contributed by atoms with Crippen molar-refractivity contribution in [2.24, 2.45) is 0 Å². The van der Waals surface area contributed by atoms with Gasteiger partial charge in [0.15, 0.2) is 0 Å². The van der Waals surface area contributed by atoms with Gasteiger partial charge in [0.05, 0.1) is 13.2 Å². The van der Waals surface area contributed by atoms with Crippen molar-refractivity contribution in [1.29, 1.82) is 0 Å². The number of esters is 1. The first-order valence-electron chi connectivity index (χ1n) is 9.15. The molecule has 0 N–H and O–H groups in total. The third-order valence-electron chi connectivity index (χ3n) is 3.90. The van der Waals surface area contributed by atoms with E-state index < -0.39 is 0 Å². The van der Waals surface area contributed by atoms with E-state index in [9.17, 15) is 4.79 Å². The largest absolute Gasteiger partial charge is 0.469 e. The van der Waals surface area contributed by atoms with Crippen LogP contribution >= 0.6 is 0 Å². The van der Waals surface area contributed by atoms with Gasteiger partial charge in [-0.05, 0) is 25.7 Å². The summed E-state index contributed by atoms with van der Waals surface area (Å²) in [6.07, 6.45) is 25.7. The molecular formula is C21H32O3. The van der Waals surface area contributed by atoms with Gasteiger partial charge in [-0.2, -0.15) is 0 Å². The highest BCUT2D eigenvalue weighted by atomic mass is 16.6. The van der Waals surface area contributed by atoms with Crippen molar-refractivity contribution < 1.29 is 14.3 Å². The number of carbonyl (C=O) groups excluding carboxylic acids is 1. The van der Waals surface area contributed by atoms with Crippen molar-refractivity contribution in [3.63, 3.8) is 0 Å². The van der Waals surface area contributed by atoms with Gasteiger partial charge in [-0.15, -0.1) is 0 Å². The molecule has 0 saturated carbocycles. The van der Waals surface area contributed by atoms with Crippen LogP contribution in [-0.4, -0.2) is 25.3 Å². The van der Waals surface area contributed by atoms with E-state index in [1.165, 1.54) is 32.8 Å². The maximum Gasteiger partial charge on any atom is 0.305 e. The van der Waals surface area contributed by atoms with E-state index in [2.05, 4.69) is 48.1 Å². The van der Waals surface area contributed by atoms with E-state index in [1.54, 1.807) is 0 Å². The number of unbranched alkanes of at least 4 members (excludes halogenated alkanes) is 3. The van der Waals surface area contributed by atoms with Gasteiger partial charge in [-0.25, -0.2) is 0 Å². The minimum Gasteiger partial charge on any atom is -0.469 e. The van der Waals surface area contributed by atoms with Crippen LogP contribution in [-0.2, 0) is 14.3 Å². The zero-order chi connectivity index (χ0) is 17.5. The smallest absolute Gasteiger partial charge is 0.305 e. The fraction of sp³-hybridized carbons (Fsp3) is 0.571. The fourth-order valence-corrected chi connectivity index (χ4v) is 2.37. The summed E-state index contributed by atoms with van der Waals surface area (Å²) in [4.78, 5) is 10.9. The highest BCUT2D eigenvalue weighted by Gasteiger charge is 2.35. The Morgan fingerprint density at radius 2 is 1.88 bits per heavy atom. The Morgan fingerprint density at radius 3 is 2.67 bits per heavy atom. The van der Waals surface area contributed by atoms with E-state index >= 15 is 0 Å². The molecule has 0 aromatic carbocycles. The number of methoxy groups -OCH3 is 1. The average molecular weight is 332 g/mol. The predicted molar refractivity (Wildman–Crippen MR) is 99.8 cm³/mol. The normalized spacial score (nSPS) is 20.8. The van der Waals surface area contributed by atoms with Gasteiger partial charge in [-0.3, -0.25) is 4.79 Å². The lowest BCUT2D eigenvalue weighted by Crippen LogP contribution is -1.98. The zero-order valence-corrected chi connectivity index (χ0v) is 15.2. The first kappa shape index (κ1) is 20.4. The standard InChI is InChI=1S/C21H32O3/c1-3-4-13-16-19-20(24-19)17-14-11-9-7-5-6-8-10-12-15-18-21(22)23-2/h5,7-11,14,17,19-20H,3-4,6,12-13,15-16,18H2,1-2H3. The quantitative estimate of drug-likeness (QED) is 0.151. The lowest BCUT2D eigenvalue weighted by molar-refractivity contribution is -0.140. The third-order valence-corrected chi connectivity index (χ3v) is 3.90. The Morgan fingerprint density at radius 1 is 1.04 bits per heavy atom. The third kappa shape index (κ3) is 11.0. The van der Waals surface area contributed by atoms with E-state index in [0.29, 0.717) is 18.6 Å². The fourth-order valence-electron chi connectivity index (χ4n) is 2.37. The van der Waals surface area contributed by atoms with Crippen LogP contribution in [0.25, 0.3) is 0 Å². The highest BCUT2D eigenvalue weighted by molar-refractivity contribution is 5.69. The lowest BCUT2D eigenvalue weighted by Gasteiger charge is -1.95. The molecule has 1 aliphatic rings. The number of allylic oxidation sites excluding steroid dienone is 7. The van der Waals surface area contributed by atoms with Crippen LogP contribution in [0.3, 0.4) is 0 Å². The van der Waals surface area contributed by atoms with Gasteiger partial charge in [0.1, 0.15) is 6.10 Å². The Bertz CT molecular complexity index is 446. The van der Waals surface area contributed by atoms with Gasteiger partial charge in [0.25, 0.3) is 0 Å². The second-order valence-corrected chi connectivity index (χ2v) is 6.01. The first-order chi connectivity index (χ1) is 11.8. The van der Waals surface area contributed by atoms with E-state index in [4.69, 9.17) is 4.74 Å². The zero-order valence-electron chi connectivity index (χ0n) is 15.2. The van der Waals surface area contributed by atoms with Crippen molar-refractivity contribution in [2.45, 2.75) is 70.5 Å². The molecule has 0 aromatic rings. The number of ether oxygens (including phenoxy) is 2. The Labute approximate surface area is 147 Å². The number of hydrogen-bond acceptors (Lipinski definition) is 3. The van der Waals surface area contributed by atoms with E-state index in [0.717, 1.165) is 19.3 Å². The minimum atomic E-state index is -0.134. The minimum absolute atomic E-state index is 0.134. The lowest BCUT2D eigenvalue weighted by atomic mass is 10.1. The number of rotatable bonds is 13. The maximum absolute atomic E-state index is 10.9. The van der Waals surface area contributed by atoms with Crippen LogP contribution < -0.4 is 0 Å². The van der Waals surface area contributed by atoms with Crippen LogP contribution in [0, 0.1) is 0 Å². The molecule has 1 aliphatic heterocycles. The molecule has 3 nitrogen and oxygen atoms in total. The summed E-state index contributed by atoms with van der Waals surface area (Å²) in [6, 6.07) is 0. The predicted octanol–water partition coefficient (Wildman–Crippen LogP) is 5.29. The number of hydrogen-bond donors (Lipinski definition) is 0. The molecule has 0 bridgehead atoms. The van der Waals surface area contributed by atoms with Crippen LogP contribution in [0.1, 0.15) is 58.3 Å². The SMILES string of the molecule is CCCCCC1OC1C=CC=CC=CCC=CCCCC(=O)OC. The molecule has 1 heterocycles. The van der Waals surface area contributed by atoms with E-state index in [1.807, 2.05) is 12.2 Å². The van der Waals surface area contributed by atoms with Crippen molar-refractivity contribution in [3.05, 3.63) is 48.6 Å². The van der Waals surface area contributed by atoms with Gasteiger partial charge in [0.2, 0.25) is 0 Å². The number of carbonyl (C=O) groups is 1. The Kier molecular flexibility index (Phi) is 11.7. The average Bonchev–Trinajstić information content (AvgIpc) is 3.34. The van der Waals surface area contributed by atoms with Crippen molar-refractivity contribution in [2.75, 3.05) is 7.11 Å². The second kappa shape index (κ2) is 13.8. The highest BCUT2D eigenvalue weighted by Crippen LogP contribution is 2.28.